The zero-order valence-corrected chi connectivity index (χ0v) is 17.2. The number of rotatable bonds is 4. The maximum absolute atomic E-state index is 12.8. The second kappa shape index (κ2) is 7.18. The lowest BCUT2D eigenvalue weighted by Crippen LogP contribution is -2.23. The molecule has 4 aromatic rings. The van der Waals surface area contributed by atoms with E-state index in [-0.39, 0.29) is 15.5 Å². The number of hydrogen-bond acceptors (Lipinski definition) is 4. The molecule has 0 saturated carbocycles. The number of amides is 1. The van der Waals surface area contributed by atoms with Crippen LogP contribution in [0.25, 0.3) is 21.9 Å². The Kier molecular flexibility index (Phi) is 4.82. The van der Waals surface area contributed by atoms with Gasteiger partial charge in [-0.25, -0.2) is 12.7 Å². The van der Waals surface area contributed by atoms with E-state index < -0.39 is 15.9 Å². The topological polar surface area (TPSA) is 79.6 Å². The number of furan rings is 1. The molecule has 0 aliphatic heterocycles. The van der Waals surface area contributed by atoms with Gasteiger partial charge in [-0.2, -0.15) is 0 Å². The van der Waals surface area contributed by atoms with Crippen molar-refractivity contribution in [2.24, 2.45) is 0 Å². The van der Waals surface area contributed by atoms with E-state index in [0.717, 1.165) is 20.7 Å². The third kappa shape index (κ3) is 3.48. The first-order chi connectivity index (χ1) is 13.8. The van der Waals surface area contributed by atoms with Gasteiger partial charge in [0.25, 0.3) is 5.91 Å². The molecule has 0 radical (unpaired) electrons. The molecule has 0 saturated heterocycles. The van der Waals surface area contributed by atoms with Crippen LogP contribution in [0.15, 0.2) is 70.0 Å². The van der Waals surface area contributed by atoms with Gasteiger partial charge in [-0.3, -0.25) is 4.79 Å². The standard InChI is InChI=1S/C21H17ClN2O4S/c1-24(2)29(26,27)14-8-10-18(22)17(12-14)21(25)23-13-7-9-16-15-5-3-4-6-19(15)28-20(16)11-13/h3-12H,1-2H3,(H,23,25). The van der Waals surface area contributed by atoms with Crippen LogP contribution in [-0.4, -0.2) is 32.7 Å². The molecule has 0 unspecified atom stereocenters. The molecular weight excluding hydrogens is 412 g/mol. The molecule has 148 valence electrons. The quantitative estimate of drug-likeness (QED) is 0.509. The third-order valence-corrected chi connectivity index (χ3v) is 6.74. The molecule has 1 amide bonds. The molecule has 1 heterocycles. The first-order valence-corrected chi connectivity index (χ1v) is 10.5. The SMILES string of the molecule is CN(C)S(=O)(=O)c1ccc(Cl)c(C(=O)Nc2ccc3c(c2)oc2ccccc23)c1. The maximum atomic E-state index is 12.8. The van der Waals surface area contributed by atoms with Gasteiger partial charge in [-0.15, -0.1) is 0 Å². The van der Waals surface area contributed by atoms with E-state index in [1.54, 1.807) is 12.1 Å². The average molecular weight is 429 g/mol. The highest BCUT2D eigenvalue weighted by Gasteiger charge is 2.21. The smallest absolute Gasteiger partial charge is 0.257 e. The van der Waals surface area contributed by atoms with Gasteiger partial charge >= 0.3 is 0 Å². The number of nitrogens with one attached hydrogen (secondary N) is 1. The lowest BCUT2D eigenvalue weighted by atomic mass is 10.1. The van der Waals surface area contributed by atoms with Gasteiger partial charge in [-0.05, 0) is 36.4 Å². The monoisotopic (exact) mass is 428 g/mol. The summed E-state index contributed by atoms with van der Waals surface area (Å²) in [6.07, 6.45) is 0. The number of halogens is 1. The number of anilines is 1. The van der Waals surface area contributed by atoms with E-state index in [2.05, 4.69) is 5.32 Å². The van der Waals surface area contributed by atoms with Crippen LogP contribution in [0, 0.1) is 0 Å². The highest BCUT2D eigenvalue weighted by Crippen LogP contribution is 2.31. The van der Waals surface area contributed by atoms with Crippen molar-refractivity contribution in [2.45, 2.75) is 4.90 Å². The fourth-order valence-electron chi connectivity index (χ4n) is 3.05. The molecule has 4 rings (SSSR count). The summed E-state index contributed by atoms with van der Waals surface area (Å²) in [5.74, 6) is -0.513. The predicted octanol–water partition coefficient (Wildman–Crippen LogP) is 4.74. The average Bonchev–Trinajstić information content (AvgIpc) is 3.05. The first kappa shape index (κ1) is 19.4. The second-order valence-corrected chi connectivity index (χ2v) is 9.25. The summed E-state index contributed by atoms with van der Waals surface area (Å²) in [5.41, 5.74) is 1.98. The summed E-state index contributed by atoms with van der Waals surface area (Å²) in [7, 11) is -0.841. The summed E-state index contributed by atoms with van der Waals surface area (Å²) in [4.78, 5) is 12.7. The summed E-state index contributed by atoms with van der Waals surface area (Å²) in [5, 5.41) is 4.84. The summed E-state index contributed by atoms with van der Waals surface area (Å²) in [6.45, 7) is 0. The molecule has 1 N–H and O–H groups in total. The minimum Gasteiger partial charge on any atom is -0.456 e. The molecule has 0 aliphatic carbocycles. The Hall–Kier alpha value is -2.87. The van der Waals surface area contributed by atoms with Crippen LogP contribution >= 0.6 is 11.6 Å². The highest BCUT2D eigenvalue weighted by atomic mass is 35.5. The van der Waals surface area contributed by atoms with Crippen molar-refractivity contribution in [1.82, 2.24) is 4.31 Å². The Morgan fingerprint density at radius 1 is 0.966 bits per heavy atom. The maximum Gasteiger partial charge on any atom is 0.257 e. The van der Waals surface area contributed by atoms with Gasteiger partial charge in [0.15, 0.2) is 0 Å². The van der Waals surface area contributed by atoms with Crippen LogP contribution in [0.1, 0.15) is 10.4 Å². The minimum absolute atomic E-state index is 0.00946. The summed E-state index contributed by atoms with van der Waals surface area (Å²) >= 11 is 6.15. The Morgan fingerprint density at radius 2 is 1.69 bits per heavy atom. The number of fused-ring (bicyclic) bond motifs is 3. The molecule has 0 bridgehead atoms. The minimum atomic E-state index is -3.69. The van der Waals surface area contributed by atoms with Gasteiger partial charge in [0.1, 0.15) is 11.2 Å². The van der Waals surface area contributed by atoms with Crippen LogP contribution in [0.5, 0.6) is 0 Å². The number of nitrogens with zero attached hydrogens (tertiary/aromatic N) is 1. The molecule has 0 aliphatic rings. The molecule has 0 spiro atoms. The lowest BCUT2D eigenvalue weighted by Gasteiger charge is -2.13. The number of sulfonamides is 1. The molecule has 8 heteroatoms. The van der Waals surface area contributed by atoms with E-state index in [4.69, 9.17) is 16.0 Å². The van der Waals surface area contributed by atoms with Crippen molar-refractivity contribution in [1.29, 1.82) is 0 Å². The van der Waals surface area contributed by atoms with Gasteiger partial charge < -0.3 is 9.73 Å². The zero-order valence-electron chi connectivity index (χ0n) is 15.6. The van der Waals surface area contributed by atoms with Crippen molar-refractivity contribution in [3.05, 3.63) is 71.2 Å². The molecule has 3 aromatic carbocycles. The van der Waals surface area contributed by atoms with Crippen LogP contribution in [0.3, 0.4) is 0 Å². The van der Waals surface area contributed by atoms with Crippen molar-refractivity contribution in [3.8, 4) is 0 Å². The largest absolute Gasteiger partial charge is 0.456 e. The van der Waals surface area contributed by atoms with Crippen LogP contribution in [-0.2, 0) is 10.0 Å². The molecule has 6 nitrogen and oxygen atoms in total. The number of benzene rings is 3. The molecular formula is C21H17ClN2O4S. The van der Waals surface area contributed by atoms with Gasteiger partial charge in [-0.1, -0.05) is 29.8 Å². The number of hydrogen-bond donors (Lipinski definition) is 1. The zero-order chi connectivity index (χ0) is 20.8. The number of para-hydroxylation sites is 1. The Bertz CT molecular complexity index is 1360. The third-order valence-electron chi connectivity index (χ3n) is 4.60. The molecule has 0 fully saturated rings. The highest BCUT2D eigenvalue weighted by molar-refractivity contribution is 7.89. The second-order valence-electron chi connectivity index (χ2n) is 6.69. The Balaban J connectivity index is 1.68. The summed E-state index contributed by atoms with van der Waals surface area (Å²) in [6, 6.07) is 17.1. The molecule has 29 heavy (non-hydrogen) atoms. The van der Waals surface area contributed by atoms with Gasteiger partial charge in [0, 0.05) is 36.6 Å². The van der Waals surface area contributed by atoms with E-state index in [1.807, 2.05) is 30.3 Å². The predicted molar refractivity (Wildman–Crippen MR) is 114 cm³/mol. The normalized spacial score (nSPS) is 12.0. The van der Waals surface area contributed by atoms with Crippen molar-refractivity contribution in [3.63, 3.8) is 0 Å². The fourth-order valence-corrected chi connectivity index (χ4v) is 4.18. The Morgan fingerprint density at radius 3 is 2.45 bits per heavy atom. The van der Waals surface area contributed by atoms with E-state index >= 15 is 0 Å². The van der Waals surface area contributed by atoms with Gasteiger partial charge in [0.2, 0.25) is 10.0 Å². The van der Waals surface area contributed by atoms with Crippen molar-refractivity contribution < 1.29 is 17.6 Å². The van der Waals surface area contributed by atoms with Crippen molar-refractivity contribution >= 4 is 55.2 Å². The lowest BCUT2D eigenvalue weighted by molar-refractivity contribution is 0.102. The number of carbonyl (C=O) groups excluding carboxylic acids is 1. The number of carbonyl (C=O) groups is 1. The first-order valence-electron chi connectivity index (χ1n) is 8.72. The van der Waals surface area contributed by atoms with Crippen LogP contribution in [0.2, 0.25) is 5.02 Å². The van der Waals surface area contributed by atoms with Crippen molar-refractivity contribution in [2.75, 3.05) is 19.4 Å². The molecule has 1 aromatic heterocycles. The van der Waals surface area contributed by atoms with E-state index in [9.17, 15) is 13.2 Å². The van der Waals surface area contributed by atoms with Gasteiger partial charge in [0.05, 0.1) is 15.5 Å². The van der Waals surface area contributed by atoms with Crippen LogP contribution in [0.4, 0.5) is 5.69 Å². The van der Waals surface area contributed by atoms with E-state index in [0.29, 0.717) is 11.3 Å². The fraction of sp³-hybridized carbons (Fsp3) is 0.0952. The Labute approximate surface area is 172 Å². The van der Waals surface area contributed by atoms with Crippen LogP contribution < -0.4 is 5.32 Å². The van der Waals surface area contributed by atoms with E-state index in [1.165, 1.54) is 32.3 Å². The molecule has 0 atom stereocenters. The summed E-state index contributed by atoms with van der Waals surface area (Å²) < 4.78 is 31.6.